The molecule has 2 aromatic carbocycles. The van der Waals surface area contributed by atoms with Gasteiger partial charge in [0.25, 0.3) is 5.91 Å². The second-order valence-corrected chi connectivity index (χ2v) is 5.56. The van der Waals surface area contributed by atoms with Crippen molar-refractivity contribution in [3.05, 3.63) is 53.6 Å². The van der Waals surface area contributed by atoms with E-state index in [1.807, 2.05) is 0 Å². The van der Waals surface area contributed by atoms with Gasteiger partial charge >= 0.3 is 5.97 Å². The molecule has 1 aliphatic heterocycles. The molecule has 27 heavy (non-hydrogen) atoms. The largest absolute Gasteiger partial charge is 0.497 e. The zero-order valence-electron chi connectivity index (χ0n) is 14.5. The standard InChI is InChI=1S/C19H17NO7/c1-24-14-5-2-12(3-6-14)19(23)20-9-18(22)25-10-15(21)13-4-7-16-17(8-13)27-11-26-16/h2-8H,9-11H2,1H3,(H,20,23). The van der Waals surface area contributed by atoms with Gasteiger partial charge in [-0.3, -0.25) is 14.4 Å². The van der Waals surface area contributed by atoms with Crippen molar-refractivity contribution >= 4 is 17.7 Å². The van der Waals surface area contributed by atoms with Crippen LogP contribution in [-0.4, -0.2) is 44.7 Å². The number of methoxy groups -OCH3 is 1. The summed E-state index contributed by atoms with van der Waals surface area (Å²) in [5, 5.41) is 2.43. The van der Waals surface area contributed by atoms with Crippen LogP contribution >= 0.6 is 0 Å². The van der Waals surface area contributed by atoms with Gasteiger partial charge in [-0.05, 0) is 42.5 Å². The molecule has 1 N–H and O–H groups in total. The van der Waals surface area contributed by atoms with Crippen LogP contribution < -0.4 is 19.5 Å². The third-order valence-electron chi connectivity index (χ3n) is 3.80. The molecule has 2 aromatic rings. The molecule has 0 spiro atoms. The Hall–Kier alpha value is -3.55. The first-order chi connectivity index (χ1) is 13.1. The zero-order valence-corrected chi connectivity index (χ0v) is 14.5. The topological polar surface area (TPSA) is 100 Å². The molecule has 0 saturated carbocycles. The summed E-state index contributed by atoms with van der Waals surface area (Å²) in [5.41, 5.74) is 0.717. The summed E-state index contributed by atoms with van der Waals surface area (Å²) in [7, 11) is 1.52. The van der Waals surface area contributed by atoms with Gasteiger partial charge in [0.2, 0.25) is 6.79 Å². The van der Waals surface area contributed by atoms with E-state index >= 15 is 0 Å². The highest BCUT2D eigenvalue weighted by Gasteiger charge is 2.17. The molecule has 1 heterocycles. The van der Waals surface area contributed by atoms with Crippen molar-refractivity contribution in [1.82, 2.24) is 5.32 Å². The number of nitrogens with one attached hydrogen (secondary N) is 1. The Balaban J connectivity index is 1.45. The van der Waals surface area contributed by atoms with Crippen LogP contribution in [0.25, 0.3) is 0 Å². The van der Waals surface area contributed by atoms with Crippen molar-refractivity contribution in [3.63, 3.8) is 0 Å². The second kappa shape index (κ2) is 8.22. The molecule has 0 saturated heterocycles. The van der Waals surface area contributed by atoms with Crippen LogP contribution in [-0.2, 0) is 9.53 Å². The number of ether oxygens (including phenoxy) is 4. The molecule has 1 amide bonds. The predicted octanol–water partition coefficient (Wildman–Crippen LogP) is 1.58. The maximum Gasteiger partial charge on any atom is 0.325 e. The number of hydrogen-bond acceptors (Lipinski definition) is 7. The van der Waals surface area contributed by atoms with Crippen LogP contribution in [0, 0.1) is 0 Å². The molecule has 0 atom stereocenters. The van der Waals surface area contributed by atoms with Crippen LogP contribution in [0.3, 0.4) is 0 Å². The number of amides is 1. The van der Waals surface area contributed by atoms with E-state index in [-0.39, 0.29) is 19.1 Å². The highest BCUT2D eigenvalue weighted by Crippen LogP contribution is 2.32. The molecule has 0 radical (unpaired) electrons. The molecule has 0 bridgehead atoms. The summed E-state index contributed by atoms with van der Waals surface area (Å²) >= 11 is 0. The van der Waals surface area contributed by atoms with Crippen molar-refractivity contribution in [3.8, 4) is 17.2 Å². The lowest BCUT2D eigenvalue weighted by atomic mass is 10.1. The Morgan fingerprint density at radius 3 is 2.44 bits per heavy atom. The Kier molecular flexibility index (Phi) is 5.55. The number of rotatable bonds is 7. The first-order valence-electron chi connectivity index (χ1n) is 8.07. The monoisotopic (exact) mass is 371 g/mol. The molecular formula is C19H17NO7. The summed E-state index contributed by atoms with van der Waals surface area (Å²) < 4.78 is 20.3. The Bertz CT molecular complexity index is 861. The number of benzene rings is 2. The first-order valence-corrected chi connectivity index (χ1v) is 8.07. The minimum Gasteiger partial charge on any atom is -0.497 e. The lowest BCUT2D eigenvalue weighted by Crippen LogP contribution is -2.31. The molecular weight excluding hydrogens is 354 g/mol. The van der Waals surface area contributed by atoms with E-state index in [2.05, 4.69) is 5.32 Å². The summed E-state index contributed by atoms with van der Waals surface area (Å²) in [6.45, 7) is -0.675. The fourth-order valence-corrected chi connectivity index (χ4v) is 2.35. The van der Waals surface area contributed by atoms with Gasteiger partial charge in [-0.2, -0.15) is 0 Å². The van der Waals surface area contributed by atoms with Gasteiger partial charge in [-0.25, -0.2) is 0 Å². The number of Topliss-reactive ketones (excluding diaryl/α,β-unsaturated/α-hetero) is 1. The maximum atomic E-state index is 12.1. The minimum absolute atomic E-state index is 0.107. The average Bonchev–Trinajstić information content (AvgIpc) is 3.18. The quantitative estimate of drug-likeness (QED) is 0.582. The highest BCUT2D eigenvalue weighted by molar-refractivity contribution is 5.99. The van der Waals surface area contributed by atoms with E-state index in [9.17, 15) is 14.4 Å². The lowest BCUT2D eigenvalue weighted by Gasteiger charge is -2.07. The Labute approximate surface area is 155 Å². The van der Waals surface area contributed by atoms with Crippen LogP contribution in [0.15, 0.2) is 42.5 Å². The molecule has 3 rings (SSSR count). The van der Waals surface area contributed by atoms with Gasteiger partial charge < -0.3 is 24.3 Å². The zero-order chi connectivity index (χ0) is 19.2. The van der Waals surface area contributed by atoms with Crippen molar-refractivity contribution in [2.75, 3.05) is 27.1 Å². The summed E-state index contributed by atoms with van der Waals surface area (Å²) in [4.78, 5) is 35.8. The van der Waals surface area contributed by atoms with E-state index in [1.54, 1.807) is 36.4 Å². The van der Waals surface area contributed by atoms with E-state index in [0.29, 0.717) is 28.4 Å². The molecule has 0 aliphatic carbocycles. The van der Waals surface area contributed by atoms with Crippen molar-refractivity contribution < 1.29 is 33.3 Å². The normalized spacial score (nSPS) is 11.6. The van der Waals surface area contributed by atoms with Gasteiger partial charge in [-0.1, -0.05) is 0 Å². The van der Waals surface area contributed by atoms with Crippen LogP contribution in [0.1, 0.15) is 20.7 Å². The Morgan fingerprint density at radius 1 is 1.00 bits per heavy atom. The molecule has 8 nitrogen and oxygen atoms in total. The molecule has 8 heteroatoms. The molecule has 140 valence electrons. The molecule has 0 aromatic heterocycles. The van der Waals surface area contributed by atoms with Gasteiger partial charge in [0.15, 0.2) is 23.9 Å². The molecule has 1 aliphatic rings. The van der Waals surface area contributed by atoms with Crippen LogP contribution in [0.2, 0.25) is 0 Å². The van der Waals surface area contributed by atoms with Crippen molar-refractivity contribution in [1.29, 1.82) is 0 Å². The van der Waals surface area contributed by atoms with Crippen LogP contribution in [0.5, 0.6) is 17.2 Å². The SMILES string of the molecule is COc1ccc(C(=O)NCC(=O)OCC(=O)c2ccc3c(c2)OCO3)cc1. The third-order valence-corrected chi connectivity index (χ3v) is 3.80. The second-order valence-electron chi connectivity index (χ2n) is 5.56. The van der Waals surface area contributed by atoms with Gasteiger partial charge in [0, 0.05) is 11.1 Å². The maximum absolute atomic E-state index is 12.1. The lowest BCUT2D eigenvalue weighted by molar-refractivity contribution is -0.141. The van der Waals surface area contributed by atoms with Gasteiger partial charge in [0.05, 0.1) is 7.11 Å². The smallest absolute Gasteiger partial charge is 0.325 e. The number of carbonyl (C=O) groups excluding carboxylic acids is 3. The van der Waals surface area contributed by atoms with E-state index in [1.165, 1.54) is 13.2 Å². The molecule has 0 unspecified atom stereocenters. The highest BCUT2D eigenvalue weighted by atomic mass is 16.7. The predicted molar refractivity (Wildman–Crippen MR) is 93.2 cm³/mol. The summed E-state index contributed by atoms with van der Waals surface area (Å²) in [6, 6.07) is 11.1. The van der Waals surface area contributed by atoms with Crippen LogP contribution in [0.4, 0.5) is 0 Å². The number of ketones is 1. The van der Waals surface area contributed by atoms with Crippen molar-refractivity contribution in [2.24, 2.45) is 0 Å². The fourth-order valence-electron chi connectivity index (χ4n) is 2.35. The number of hydrogen-bond donors (Lipinski definition) is 1. The van der Waals surface area contributed by atoms with E-state index in [0.717, 1.165) is 0 Å². The van der Waals surface area contributed by atoms with Gasteiger partial charge in [-0.15, -0.1) is 0 Å². The third kappa shape index (κ3) is 4.55. The number of carbonyl (C=O) groups is 3. The summed E-state index contributed by atoms with van der Waals surface area (Å²) in [6.07, 6.45) is 0. The summed E-state index contributed by atoms with van der Waals surface area (Å²) in [5.74, 6) is 0.113. The van der Waals surface area contributed by atoms with Gasteiger partial charge in [0.1, 0.15) is 12.3 Å². The minimum atomic E-state index is -0.717. The van der Waals surface area contributed by atoms with E-state index in [4.69, 9.17) is 18.9 Å². The Morgan fingerprint density at radius 2 is 1.70 bits per heavy atom. The molecule has 0 fully saturated rings. The first kappa shape index (κ1) is 18.2. The fraction of sp³-hybridized carbons (Fsp3) is 0.211. The van der Waals surface area contributed by atoms with Crippen molar-refractivity contribution in [2.45, 2.75) is 0 Å². The average molecular weight is 371 g/mol. The number of fused-ring (bicyclic) bond motifs is 1. The number of esters is 1. The van der Waals surface area contributed by atoms with E-state index < -0.39 is 18.5 Å².